The lowest BCUT2D eigenvalue weighted by Gasteiger charge is -2.35. The third-order valence-corrected chi connectivity index (χ3v) is 12.8. The Balaban J connectivity index is 0.834. The lowest BCUT2D eigenvalue weighted by Crippen LogP contribution is -2.51. The maximum Gasteiger partial charge on any atom is 0.416 e. The maximum atomic E-state index is 14.1. The number of carbonyl (C=O) groups is 4. The number of hydrogen-bond donors (Lipinski definition) is 3. The molecule has 4 amide bonds. The first-order chi connectivity index (χ1) is 32.1. The van der Waals surface area contributed by atoms with Crippen molar-refractivity contribution in [1.29, 1.82) is 0 Å². The number of aryl methyl sites for hydroxylation is 1. The third kappa shape index (κ3) is 11.6. The molecule has 2 aliphatic rings. The van der Waals surface area contributed by atoms with E-state index in [2.05, 4.69) is 92.3 Å². The second-order valence-corrected chi connectivity index (χ2v) is 18.5. The topological polar surface area (TPSA) is 150 Å². The largest absolute Gasteiger partial charge is 0.481 e. The fourth-order valence-corrected chi connectivity index (χ4v) is 9.48. The predicted molar refractivity (Wildman–Crippen MR) is 262 cm³/mol. The van der Waals surface area contributed by atoms with Crippen LogP contribution in [-0.2, 0) is 33.5 Å². The Morgan fingerprint density at radius 3 is 2.49 bits per heavy atom. The molecule has 0 atom stereocenters. The highest BCUT2D eigenvalue weighted by Crippen LogP contribution is 2.39. The van der Waals surface area contributed by atoms with Crippen LogP contribution < -0.4 is 20.7 Å². The van der Waals surface area contributed by atoms with E-state index in [1.165, 1.54) is 6.07 Å². The summed E-state index contributed by atoms with van der Waals surface area (Å²) in [4.78, 5) is 59.8. The second-order valence-electron chi connectivity index (χ2n) is 15.6. The molecular weight excluding hydrogens is 1110 g/mol. The molecule has 3 N–H and O–H groups in total. The van der Waals surface area contributed by atoms with Crippen molar-refractivity contribution in [3.05, 3.63) is 148 Å². The Bertz CT molecular complexity index is 3030. The number of nitrogens with zero attached hydrogens (tertiary/aromatic N) is 5. The Labute approximate surface area is 412 Å². The quantitative estimate of drug-likeness (QED) is 0.0666. The van der Waals surface area contributed by atoms with E-state index < -0.39 is 23.6 Å². The first-order valence-corrected chi connectivity index (χ1v) is 23.4. The van der Waals surface area contributed by atoms with Crippen LogP contribution >= 0.6 is 54.5 Å². The molecule has 67 heavy (non-hydrogen) atoms. The molecule has 2 aliphatic heterocycles. The smallest absolute Gasteiger partial charge is 0.416 e. The zero-order valence-corrected chi connectivity index (χ0v) is 40.8. The fraction of sp³-hybridized carbons (Fsp3) is 0.208. The molecule has 8 rings (SSSR count). The van der Waals surface area contributed by atoms with Gasteiger partial charge in [0.05, 0.1) is 32.8 Å². The molecule has 1 saturated heterocycles. The SMILES string of the molecule is CCc1ccc(C(=O)Nc2cc(CN3CCN(C(=O)CNC(=O)COc4c(Br)cc(/C=C5\C(=O)Nc6ccc(I)cc65)cc4Br)CC3)cc(C(F)(F)F)c2)cc1C#Cc1cnc2ccnn2c1. The van der Waals surface area contributed by atoms with Crippen LogP contribution in [-0.4, -0.2) is 87.4 Å². The summed E-state index contributed by atoms with van der Waals surface area (Å²) in [6.07, 6.45) is 2.73. The summed E-state index contributed by atoms with van der Waals surface area (Å²) in [7, 11) is 0. The molecule has 4 heterocycles. The van der Waals surface area contributed by atoms with Crippen molar-refractivity contribution in [2.45, 2.75) is 26.1 Å². The molecule has 0 aliphatic carbocycles. The summed E-state index contributed by atoms with van der Waals surface area (Å²) in [5.74, 6) is 4.87. The fourth-order valence-electron chi connectivity index (χ4n) is 7.54. The third-order valence-electron chi connectivity index (χ3n) is 10.9. The number of hydrogen-bond acceptors (Lipinski definition) is 8. The zero-order valence-electron chi connectivity index (χ0n) is 35.4. The minimum absolute atomic E-state index is 0.0143. The van der Waals surface area contributed by atoms with Gasteiger partial charge in [0.1, 0.15) is 5.75 Å². The number of alkyl halides is 3. The van der Waals surface area contributed by atoms with Gasteiger partial charge in [-0.25, -0.2) is 9.50 Å². The molecule has 0 saturated carbocycles. The summed E-state index contributed by atoms with van der Waals surface area (Å²) in [5, 5.41) is 12.3. The van der Waals surface area contributed by atoms with E-state index in [0.29, 0.717) is 67.7 Å². The molecule has 0 radical (unpaired) electrons. The van der Waals surface area contributed by atoms with Crippen molar-refractivity contribution in [3.63, 3.8) is 0 Å². The number of aromatic nitrogens is 3. The number of rotatable bonds is 11. The molecule has 6 aromatic rings. The molecule has 0 bridgehead atoms. The van der Waals surface area contributed by atoms with Crippen molar-refractivity contribution in [1.82, 2.24) is 29.7 Å². The Morgan fingerprint density at radius 2 is 1.75 bits per heavy atom. The Kier molecular flexibility index (Phi) is 14.5. The van der Waals surface area contributed by atoms with Gasteiger partial charge in [-0.15, -0.1) is 0 Å². The van der Waals surface area contributed by atoms with Gasteiger partial charge in [-0.3, -0.25) is 24.1 Å². The van der Waals surface area contributed by atoms with Crippen LogP contribution in [0.1, 0.15) is 56.2 Å². The number of ether oxygens (including phenoxy) is 1. The van der Waals surface area contributed by atoms with Crippen LogP contribution in [0.25, 0.3) is 17.3 Å². The minimum atomic E-state index is -4.67. The summed E-state index contributed by atoms with van der Waals surface area (Å²) in [6.45, 7) is 2.75. The average Bonchev–Trinajstić information content (AvgIpc) is 3.89. The van der Waals surface area contributed by atoms with Crippen molar-refractivity contribution in [3.8, 4) is 17.6 Å². The van der Waals surface area contributed by atoms with Gasteiger partial charge in [0.25, 0.3) is 17.7 Å². The normalized spacial score (nSPS) is 14.3. The molecule has 13 nitrogen and oxygen atoms in total. The molecule has 4 aromatic carbocycles. The first kappa shape index (κ1) is 47.4. The molecular formula is C48H38Br2F3IN8O5. The average molecular weight is 1150 g/mol. The summed E-state index contributed by atoms with van der Waals surface area (Å²) >= 11 is 9.18. The van der Waals surface area contributed by atoms with Gasteiger partial charge >= 0.3 is 6.18 Å². The van der Waals surface area contributed by atoms with Crippen molar-refractivity contribution in [2.75, 3.05) is 50.0 Å². The van der Waals surface area contributed by atoms with E-state index in [1.807, 2.05) is 30.0 Å². The molecule has 0 spiro atoms. The van der Waals surface area contributed by atoms with Crippen molar-refractivity contribution < 1.29 is 37.1 Å². The predicted octanol–water partition coefficient (Wildman–Crippen LogP) is 8.42. The lowest BCUT2D eigenvalue weighted by atomic mass is 10.0. The van der Waals surface area contributed by atoms with Gasteiger partial charge in [0, 0.05) is 88.4 Å². The van der Waals surface area contributed by atoms with Crippen LogP contribution in [0.3, 0.4) is 0 Å². The van der Waals surface area contributed by atoms with Crippen LogP contribution in [0.2, 0.25) is 0 Å². The van der Waals surface area contributed by atoms with E-state index in [1.54, 1.807) is 70.5 Å². The van der Waals surface area contributed by atoms with Gasteiger partial charge in [-0.05, 0) is 144 Å². The number of benzene rings is 4. The highest BCUT2D eigenvalue weighted by Gasteiger charge is 2.32. The van der Waals surface area contributed by atoms with E-state index in [4.69, 9.17) is 4.74 Å². The van der Waals surface area contributed by atoms with Gasteiger partial charge < -0.3 is 25.6 Å². The summed E-state index contributed by atoms with van der Waals surface area (Å²) in [6, 6.07) is 19.5. The van der Waals surface area contributed by atoms with E-state index in [9.17, 15) is 32.3 Å². The number of nitrogens with one attached hydrogen (secondary N) is 3. The highest BCUT2D eigenvalue weighted by molar-refractivity contribution is 14.1. The van der Waals surface area contributed by atoms with Gasteiger partial charge in [0.2, 0.25) is 5.91 Å². The van der Waals surface area contributed by atoms with E-state index in [-0.39, 0.29) is 55.9 Å². The van der Waals surface area contributed by atoms with E-state index >= 15 is 0 Å². The van der Waals surface area contributed by atoms with Gasteiger partial charge in [-0.2, -0.15) is 18.3 Å². The number of fused-ring (bicyclic) bond motifs is 2. The molecule has 19 heteroatoms. The lowest BCUT2D eigenvalue weighted by molar-refractivity contribution is -0.137. The van der Waals surface area contributed by atoms with Crippen LogP contribution in [0.4, 0.5) is 24.5 Å². The highest BCUT2D eigenvalue weighted by atomic mass is 127. The zero-order chi connectivity index (χ0) is 47.4. The Hall–Kier alpha value is -6.08. The monoisotopic (exact) mass is 1150 g/mol. The van der Waals surface area contributed by atoms with Crippen molar-refractivity contribution in [2.24, 2.45) is 0 Å². The molecule has 1 fully saturated rings. The summed E-state index contributed by atoms with van der Waals surface area (Å²) in [5.41, 5.74) is 5.19. The standard InChI is InChI=1S/C48H38Br2F3IN8O5/c1-2-31-5-6-33(20-32(31)4-3-28-23-55-42-9-10-57-62(42)26-28)46(65)58-36-16-30(15-34(21-36)48(51,52)53)25-60-11-13-61(14-12-60)44(64)24-56-43(63)27-67-45-39(49)18-29(19-40(45)50)17-38-37-22-35(54)7-8-41(37)59-47(38)66/h5-10,15-23,26H,2,11-14,24-25,27H2,1H3,(H,56,63)(H,58,65)(H,59,66)/b38-17-. The van der Waals surface area contributed by atoms with Crippen LogP contribution in [0.15, 0.2) is 100 Å². The molecule has 2 aromatic heterocycles. The van der Waals surface area contributed by atoms with Crippen molar-refractivity contribution >= 4 is 107 Å². The molecule has 0 unspecified atom stereocenters. The van der Waals surface area contributed by atoms with Gasteiger partial charge in [0.15, 0.2) is 12.3 Å². The Morgan fingerprint density at radius 1 is 0.970 bits per heavy atom. The second kappa shape index (κ2) is 20.4. The maximum absolute atomic E-state index is 14.1. The first-order valence-electron chi connectivity index (χ1n) is 20.8. The van der Waals surface area contributed by atoms with Gasteiger partial charge in [-0.1, -0.05) is 24.8 Å². The van der Waals surface area contributed by atoms with Crippen LogP contribution in [0.5, 0.6) is 5.75 Å². The van der Waals surface area contributed by atoms with Crippen LogP contribution in [0, 0.1) is 15.4 Å². The number of anilines is 2. The number of carbonyl (C=O) groups excluding carboxylic acids is 4. The minimum Gasteiger partial charge on any atom is -0.481 e. The number of amides is 4. The number of halogens is 6. The van der Waals surface area contributed by atoms with E-state index in [0.717, 1.165) is 32.5 Å². The summed E-state index contributed by atoms with van der Waals surface area (Å²) < 4.78 is 51.9. The molecule has 342 valence electrons. The number of piperazine rings is 1.